The number of anilines is 1. The normalized spacial score (nSPS) is 13.9. The number of ether oxygens (including phenoxy) is 1. The maximum Gasteiger partial charge on any atom is 0.341 e. The number of carboxylic acids is 1. The minimum Gasteiger partial charge on any atom is -0.492 e. The highest BCUT2D eigenvalue weighted by molar-refractivity contribution is 5.97. The third kappa shape index (κ3) is 3.03. The number of fused-ring (bicyclic) bond motifs is 1. The summed E-state index contributed by atoms with van der Waals surface area (Å²) in [7, 11) is 1.36. The minimum absolute atomic E-state index is 0.0352. The molecular weight excluding hydrogens is 333 g/mol. The van der Waals surface area contributed by atoms with Gasteiger partial charge < -0.3 is 24.9 Å². The molecule has 1 aromatic carbocycles. The molecule has 25 heavy (non-hydrogen) atoms. The Morgan fingerprint density at radius 2 is 2.16 bits per heavy atom. The number of methoxy groups -OCH3 is 1. The highest BCUT2D eigenvalue weighted by atomic mass is 19.1. The number of aromatic nitrogens is 1. The van der Waals surface area contributed by atoms with Crippen molar-refractivity contribution in [2.45, 2.75) is 18.9 Å². The molecule has 3 rings (SSSR count). The summed E-state index contributed by atoms with van der Waals surface area (Å²) in [5, 5.41) is 20.7. The first-order chi connectivity index (χ1) is 12.0. The Balaban J connectivity index is 2.30. The van der Waals surface area contributed by atoms with E-state index in [2.05, 4.69) is 5.32 Å². The van der Waals surface area contributed by atoms with Crippen molar-refractivity contribution < 1.29 is 24.2 Å². The molecular formula is C16H18FN3O5. The summed E-state index contributed by atoms with van der Waals surface area (Å²) < 4.78 is 21.6. The number of carbonyl (C=O) groups is 1. The van der Waals surface area contributed by atoms with Crippen LogP contribution in [0.4, 0.5) is 10.1 Å². The second kappa shape index (κ2) is 6.69. The lowest BCUT2D eigenvalue weighted by Crippen LogP contribution is -2.21. The lowest BCUT2D eigenvalue weighted by Gasteiger charge is -2.18. The number of benzene rings is 1. The molecule has 0 bridgehead atoms. The van der Waals surface area contributed by atoms with E-state index < -0.39 is 22.8 Å². The number of aromatic carboxylic acids is 1. The van der Waals surface area contributed by atoms with Crippen LogP contribution in [0.3, 0.4) is 0 Å². The van der Waals surface area contributed by atoms with Crippen molar-refractivity contribution >= 4 is 22.6 Å². The summed E-state index contributed by atoms with van der Waals surface area (Å²) in [6.07, 6.45) is 2.98. The van der Waals surface area contributed by atoms with Crippen LogP contribution in [0.15, 0.2) is 17.1 Å². The zero-order valence-electron chi connectivity index (χ0n) is 13.5. The summed E-state index contributed by atoms with van der Waals surface area (Å²) in [6, 6.07) is 1.08. The van der Waals surface area contributed by atoms with Crippen molar-refractivity contribution in [1.82, 2.24) is 10.0 Å². The van der Waals surface area contributed by atoms with Crippen LogP contribution < -0.4 is 21.0 Å². The number of hydrogen-bond acceptors (Lipinski definition) is 6. The van der Waals surface area contributed by atoms with E-state index in [1.54, 1.807) is 4.57 Å². The van der Waals surface area contributed by atoms with Gasteiger partial charge in [-0.3, -0.25) is 4.79 Å². The number of halogens is 1. The molecule has 0 amide bonds. The van der Waals surface area contributed by atoms with Crippen LogP contribution in [-0.2, 0) is 0 Å². The largest absolute Gasteiger partial charge is 0.492 e. The number of nitrogens with zero attached hydrogens (tertiary/aromatic N) is 1. The van der Waals surface area contributed by atoms with Crippen LogP contribution in [0, 0.1) is 5.82 Å². The molecule has 9 heteroatoms. The molecule has 0 aliphatic heterocycles. The Bertz CT molecular complexity index is 892. The van der Waals surface area contributed by atoms with Gasteiger partial charge in [-0.25, -0.2) is 14.7 Å². The van der Waals surface area contributed by atoms with Crippen molar-refractivity contribution in [3.05, 3.63) is 33.9 Å². The minimum atomic E-state index is -1.35. The molecule has 1 saturated carbocycles. The Morgan fingerprint density at radius 1 is 1.44 bits per heavy atom. The molecule has 1 aromatic heterocycles. The highest BCUT2D eigenvalue weighted by Crippen LogP contribution is 2.42. The lowest BCUT2D eigenvalue weighted by atomic mass is 10.1. The Hall–Kier alpha value is -2.65. The zero-order valence-corrected chi connectivity index (χ0v) is 13.5. The molecule has 0 unspecified atom stereocenters. The van der Waals surface area contributed by atoms with E-state index in [0.717, 1.165) is 18.9 Å². The van der Waals surface area contributed by atoms with E-state index >= 15 is 0 Å². The monoisotopic (exact) mass is 351 g/mol. The Labute approximate surface area is 141 Å². The number of hydroxylamine groups is 1. The van der Waals surface area contributed by atoms with Gasteiger partial charge in [-0.2, -0.15) is 0 Å². The highest BCUT2D eigenvalue weighted by Gasteiger charge is 2.30. The molecule has 2 aromatic rings. The van der Waals surface area contributed by atoms with E-state index in [-0.39, 0.29) is 36.0 Å². The quantitative estimate of drug-likeness (QED) is 0.442. The smallest absolute Gasteiger partial charge is 0.341 e. The van der Waals surface area contributed by atoms with Gasteiger partial charge in [0.1, 0.15) is 11.3 Å². The first kappa shape index (κ1) is 17.2. The molecule has 134 valence electrons. The Morgan fingerprint density at radius 3 is 2.72 bits per heavy atom. The molecule has 1 heterocycles. The second-order valence-corrected chi connectivity index (χ2v) is 5.81. The van der Waals surface area contributed by atoms with Gasteiger partial charge in [0.05, 0.1) is 18.0 Å². The maximum absolute atomic E-state index is 14.5. The molecule has 0 atom stereocenters. The molecule has 1 aliphatic carbocycles. The lowest BCUT2D eigenvalue weighted by molar-refractivity contribution is 0.0695. The van der Waals surface area contributed by atoms with Crippen molar-refractivity contribution in [3.8, 4) is 5.75 Å². The summed E-state index contributed by atoms with van der Waals surface area (Å²) >= 11 is 0. The number of rotatable bonds is 7. The van der Waals surface area contributed by atoms with Crippen molar-refractivity contribution in [2.24, 2.45) is 0 Å². The van der Waals surface area contributed by atoms with Gasteiger partial charge in [0, 0.05) is 25.3 Å². The molecule has 0 radical (unpaired) electrons. The molecule has 8 nitrogen and oxygen atoms in total. The zero-order chi connectivity index (χ0) is 18.1. The van der Waals surface area contributed by atoms with Crippen LogP contribution in [0.25, 0.3) is 10.9 Å². The SMILES string of the molecule is COc1c(NCCNO)c(F)cc2c(=O)c(C(=O)O)cn(C3CC3)c12. The van der Waals surface area contributed by atoms with Crippen LogP contribution in [0.1, 0.15) is 29.2 Å². The molecule has 4 N–H and O–H groups in total. The fraction of sp³-hybridized carbons (Fsp3) is 0.375. The van der Waals surface area contributed by atoms with E-state index in [1.807, 2.05) is 5.48 Å². The van der Waals surface area contributed by atoms with Crippen LogP contribution in [0.5, 0.6) is 5.75 Å². The average Bonchev–Trinajstić information content (AvgIpc) is 3.41. The van der Waals surface area contributed by atoms with Gasteiger partial charge in [0.2, 0.25) is 5.43 Å². The predicted octanol–water partition coefficient (Wildman–Crippen LogP) is 1.57. The number of pyridine rings is 1. The first-order valence-corrected chi connectivity index (χ1v) is 7.79. The van der Waals surface area contributed by atoms with Crippen LogP contribution >= 0.6 is 0 Å². The van der Waals surface area contributed by atoms with Crippen molar-refractivity contribution in [1.29, 1.82) is 0 Å². The molecule has 1 fully saturated rings. The second-order valence-electron chi connectivity index (χ2n) is 5.81. The van der Waals surface area contributed by atoms with E-state index in [1.165, 1.54) is 13.3 Å². The summed E-state index contributed by atoms with van der Waals surface area (Å²) in [5.41, 5.74) is 1.23. The Kier molecular flexibility index (Phi) is 4.60. The van der Waals surface area contributed by atoms with Crippen molar-refractivity contribution in [2.75, 3.05) is 25.5 Å². The number of carboxylic acid groups (broad SMARTS) is 1. The summed E-state index contributed by atoms with van der Waals surface area (Å²) in [6.45, 7) is 0.393. The molecule has 0 saturated heterocycles. The van der Waals surface area contributed by atoms with E-state index in [4.69, 9.17) is 9.94 Å². The third-order valence-corrected chi connectivity index (χ3v) is 4.14. The van der Waals surface area contributed by atoms with Crippen LogP contribution in [0.2, 0.25) is 0 Å². The standard InChI is InChI=1S/C16H18FN3O5/c1-25-15-12(18-4-5-19-24)11(17)6-9-13(15)20(8-2-3-8)7-10(14(9)21)16(22)23/h6-8,18-19,24H,2-5H2,1H3,(H,22,23). The fourth-order valence-electron chi connectivity index (χ4n) is 2.85. The van der Waals surface area contributed by atoms with Crippen molar-refractivity contribution in [3.63, 3.8) is 0 Å². The van der Waals surface area contributed by atoms with Crippen LogP contribution in [-0.4, -0.2) is 41.0 Å². The third-order valence-electron chi connectivity index (χ3n) is 4.14. The van der Waals surface area contributed by atoms with E-state index in [0.29, 0.717) is 5.52 Å². The predicted molar refractivity (Wildman–Crippen MR) is 88.2 cm³/mol. The van der Waals surface area contributed by atoms with Gasteiger partial charge in [0.25, 0.3) is 0 Å². The topological polar surface area (TPSA) is 113 Å². The number of hydrogen-bond donors (Lipinski definition) is 4. The van der Waals surface area contributed by atoms with Gasteiger partial charge in [-0.1, -0.05) is 0 Å². The van der Waals surface area contributed by atoms with Gasteiger partial charge in [-0.05, 0) is 18.9 Å². The van der Waals surface area contributed by atoms with E-state index in [9.17, 15) is 19.1 Å². The summed E-state index contributed by atoms with van der Waals surface area (Å²) in [4.78, 5) is 23.8. The fourth-order valence-corrected chi connectivity index (χ4v) is 2.85. The maximum atomic E-state index is 14.5. The molecule has 0 spiro atoms. The summed E-state index contributed by atoms with van der Waals surface area (Å²) in [5.74, 6) is -1.95. The number of nitrogens with one attached hydrogen (secondary N) is 2. The average molecular weight is 351 g/mol. The first-order valence-electron chi connectivity index (χ1n) is 7.79. The van der Waals surface area contributed by atoms with Gasteiger partial charge in [-0.15, -0.1) is 0 Å². The van der Waals surface area contributed by atoms with Gasteiger partial charge in [0.15, 0.2) is 11.6 Å². The van der Waals surface area contributed by atoms with Gasteiger partial charge >= 0.3 is 5.97 Å². The molecule has 1 aliphatic rings.